The summed E-state index contributed by atoms with van der Waals surface area (Å²) in [6.07, 6.45) is -4.43. The number of hydrogen-bond acceptors (Lipinski definition) is 5. The molecule has 0 radical (unpaired) electrons. The fourth-order valence-electron chi connectivity index (χ4n) is 2.59. The van der Waals surface area contributed by atoms with Crippen molar-refractivity contribution in [3.8, 4) is 5.75 Å². The summed E-state index contributed by atoms with van der Waals surface area (Å²) in [6.45, 7) is 3.68. The van der Waals surface area contributed by atoms with E-state index in [1.54, 1.807) is 38.1 Å². The maximum absolute atomic E-state index is 13.4. The zero-order valence-electron chi connectivity index (χ0n) is 15.8. The Morgan fingerprint density at radius 1 is 0.964 bits per heavy atom. The molecule has 0 aliphatic carbocycles. The topological polar surface area (TPSA) is 56.8 Å². The summed E-state index contributed by atoms with van der Waals surface area (Å²) in [7, 11) is -2.13. The van der Waals surface area contributed by atoms with Gasteiger partial charge < -0.3 is 19.1 Å². The van der Waals surface area contributed by atoms with Gasteiger partial charge in [-0.05, 0) is 55.8 Å². The first-order chi connectivity index (χ1) is 13.2. The molecule has 0 amide bonds. The van der Waals surface area contributed by atoms with Crippen molar-refractivity contribution in [2.45, 2.75) is 25.8 Å². The Labute approximate surface area is 162 Å². The third-order valence-electron chi connectivity index (χ3n) is 3.88. The zero-order chi connectivity index (χ0) is 20.8. The summed E-state index contributed by atoms with van der Waals surface area (Å²) in [5.41, 5.74) is 0.177. The maximum atomic E-state index is 13.4. The molecule has 0 aliphatic rings. The lowest BCUT2D eigenvalue weighted by Gasteiger charge is -2.28. The van der Waals surface area contributed by atoms with Gasteiger partial charge in [0.05, 0.1) is 25.9 Å². The molecular weight excluding hydrogens is 394 g/mol. The van der Waals surface area contributed by atoms with Crippen molar-refractivity contribution >= 4 is 13.3 Å². The van der Waals surface area contributed by atoms with Crippen molar-refractivity contribution in [3.05, 3.63) is 59.7 Å². The Balaban J connectivity index is 2.40. The second-order valence-corrected chi connectivity index (χ2v) is 7.88. The summed E-state index contributed by atoms with van der Waals surface area (Å²) >= 11 is 0. The molecule has 0 fully saturated rings. The van der Waals surface area contributed by atoms with Crippen molar-refractivity contribution in [1.82, 2.24) is 0 Å². The molecule has 154 valence electrons. The van der Waals surface area contributed by atoms with Crippen LogP contribution in [0.4, 0.5) is 18.9 Å². The Kier molecular flexibility index (Phi) is 7.52. The summed E-state index contributed by atoms with van der Waals surface area (Å²) in [6, 6.07) is 11.3. The Bertz CT molecular complexity index is 784. The van der Waals surface area contributed by atoms with Crippen molar-refractivity contribution < 1.29 is 31.5 Å². The molecule has 2 aromatic carbocycles. The second-order valence-electron chi connectivity index (χ2n) is 5.77. The SMILES string of the molecule is CCOP(=O)(OCC)C(Nc1ccc(C(F)(F)F)cc1)c1ccc(OC)cc1. The number of rotatable bonds is 9. The molecule has 1 unspecified atom stereocenters. The van der Waals surface area contributed by atoms with Crippen LogP contribution in [0.3, 0.4) is 0 Å². The van der Waals surface area contributed by atoms with Crippen LogP contribution in [0.25, 0.3) is 0 Å². The van der Waals surface area contributed by atoms with Gasteiger partial charge in [0.25, 0.3) is 0 Å². The molecule has 2 aromatic rings. The van der Waals surface area contributed by atoms with Gasteiger partial charge in [0.15, 0.2) is 5.78 Å². The third-order valence-corrected chi connectivity index (χ3v) is 6.18. The lowest BCUT2D eigenvalue weighted by molar-refractivity contribution is -0.137. The van der Waals surface area contributed by atoms with Gasteiger partial charge in [-0.2, -0.15) is 13.2 Å². The fourth-order valence-corrected chi connectivity index (χ4v) is 4.53. The predicted molar refractivity (Wildman–Crippen MR) is 102 cm³/mol. The van der Waals surface area contributed by atoms with Gasteiger partial charge in [-0.25, -0.2) is 0 Å². The molecule has 28 heavy (non-hydrogen) atoms. The van der Waals surface area contributed by atoms with E-state index in [9.17, 15) is 17.7 Å². The van der Waals surface area contributed by atoms with E-state index in [-0.39, 0.29) is 13.2 Å². The monoisotopic (exact) mass is 417 g/mol. The van der Waals surface area contributed by atoms with Crippen LogP contribution in [0, 0.1) is 0 Å². The number of methoxy groups -OCH3 is 1. The van der Waals surface area contributed by atoms with E-state index in [0.717, 1.165) is 12.1 Å². The lowest BCUT2D eigenvalue weighted by atomic mass is 10.2. The van der Waals surface area contributed by atoms with Crippen LogP contribution in [0.2, 0.25) is 0 Å². The summed E-state index contributed by atoms with van der Waals surface area (Å²) in [5, 5.41) is 3.00. The van der Waals surface area contributed by atoms with E-state index in [1.165, 1.54) is 19.2 Å². The van der Waals surface area contributed by atoms with E-state index < -0.39 is 25.1 Å². The van der Waals surface area contributed by atoms with Gasteiger partial charge in [-0.1, -0.05) is 12.1 Å². The molecule has 0 saturated heterocycles. The van der Waals surface area contributed by atoms with E-state index in [2.05, 4.69) is 5.32 Å². The van der Waals surface area contributed by atoms with Gasteiger partial charge >= 0.3 is 13.8 Å². The van der Waals surface area contributed by atoms with Gasteiger partial charge in [-0.3, -0.25) is 4.57 Å². The largest absolute Gasteiger partial charge is 0.497 e. The average Bonchev–Trinajstić information content (AvgIpc) is 2.66. The number of benzene rings is 2. The minimum absolute atomic E-state index is 0.151. The first-order valence-corrected chi connectivity index (χ1v) is 10.3. The van der Waals surface area contributed by atoms with E-state index in [4.69, 9.17) is 13.8 Å². The molecule has 0 saturated carbocycles. The maximum Gasteiger partial charge on any atom is 0.416 e. The molecule has 1 N–H and O–H groups in total. The minimum atomic E-state index is -4.43. The van der Waals surface area contributed by atoms with Crippen LogP contribution in [-0.4, -0.2) is 20.3 Å². The molecule has 0 bridgehead atoms. The molecule has 2 rings (SSSR count). The molecule has 0 aliphatic heterocycles. The molecule has 0 spiro atoms. The molecule has 9 heteroatoms. The van der Waals surface area contributed by atoms with Crippen LogP contribution in [0.1, 0.15) is 30.8 Å². The highest BCUT2D eigenvalue weighted by molar-refractivity contribution is 7.54. The van der Waals surface area contributed by atoms with E-state index in [1.807, 2.05) is 0 Å². The van der Waals surface area contributed by atoms with Gasteiger partial charge in [0.2, 0.25) is 0 Å². The van der Waals surface area contributed by atoms with E-state index >= 15 is 0 Å². The van der Waals surface area contributed by atoms with Crippen LogP contribution < -0.4 is 10.1 Å². The highest BCUT2D eigenvalue weighted by Gasteiger charge is 2.37. The first kappa shape index (κ1) is 22.3. The highest BCUT2D eigenvalue weighted by Crippen LogP contribution is 2.60. The summed E-state index contributed by atoms with van der Waals surface area (Å²) in [5.74, 6) is -0.297. The minimum Gasteiger partial charge on any atom is -0.497 e. The first-order valence-electron chi connectivity index (χ1n) is 8.70. The average molecular weight is 417 g/mol. The quantitative estimate of drug-likeness (QED) is 0.501. The van der Waals surface area contributed by atoms with Crippen LogP contribution >= 0.6 is 7.60 Å². The highest BCUT2D eigenvalue weighted by atomic mass is 31.2. The van der Waals surface area contributed by atoms with E-state index in [0.29, 0.717) is 17.0 Å². The van der Waals surface area contributed by atoms with Crippen LogP contribution in [0.15, 0.2) is 48.5 Å². The van der Waals surface area contributed by atoms with Crippen LogP contribution in [0.5, 0.6) is 5.75 Å². The van der Waals surface area contributed by atoms with Gasteiger partial charge in [0.1, 0.15) is 5.75 Å². The molecular formula is C19H23F3NO4P. The van der Waals surface area contributed by atoms with Crippen molar-refractivity contribution in [2.24, 2.45) is 0 Å². The third kappa shape index (κ3) is 5.50. The smallest absolute Gasteiger partial charge is 0.416 e. The number of nitrogens with one attached hydrogen (secondary N) is 1. The number of anilines is 1. The normalized spacial score (nSPS) is 13.2. The molecule has 0 aromatic heterocycles. The zero-order valence-corrected chi connectivity index (χ0v) is 16.7. The van der Waals surface area contributed by atoms with Gasteiger partial charge in [-0.15, -0.1) is 0 Å². The number of hydrogen-bond donors (Lipinski definition) is 1. The van der Waals surface area contributed by atoms with Crippen molar-refractivity contribution in [1.29, 1.82) is 0 Å². The van der Waals surface area contributed by atoms with Gasteiger partial charge in [0, 0.05) is 5.69 Å². The van der Waals surface area contributed by atoms with Crippen molar-refractivity contribution in [3.63, 3.8) is 0 Å². The Morgan fingerprint density at radius 2 is 1.50 bits per heavy atom. The Hall–Kier alpha value is -2.02. The summed E-state index contributed by atoms with van der Waals surface area (Å²) in [4.78, 5) is 0. The number of ether oxygens (including phenoxy) is 1. The summed E-state index contributed by atoms with van der Waals surface area (Å²) < 4.78 is 67.8. The second kappa shape index (κ2) is 9.45. The number of halogens is 3. The molecule has 5 nitrogen and oxygen atoms in total. The molecule has 1 atom stereocenters. The lowest BCUT2D eigenvalue weighted by Crippen LogP contribution is -2.15. The van der Waals surface area contributed by atoms with Crippen LogP contribution in [-0.2, 0) is 19.8 Å². The number of alkyl halides is 3. The van der Waals surface area contributed by atoms with Crippen molar-refractivity contribution in [2.75, 3.05) is 25.6 Å². The predicted octanol–water partition coefficient (Wildman–Crippen LogP) is 6.09. The standard InChI is InChI=1S/C19H23F3NO4P/c1-4-26-28(24,27-5-2)18(14-6-12-17(25-3)13-7-14)23-16-10-8-15(9-11-16)19(20,21)22/h6-13,18,23H,4-5H2,1-3H3. The fraction of sp³-hybridized carbons (Fsp3) is 0.368. The Morgan fingerprint density at radius 3 is 1.93 bits per heavy atom. The molecule has 0 heterocycles.